The zero-order valence-corrected chi connectivity index (χ0v) is 27.1. The Morgan fingerprint density at radius 3 is 1.64 bits per heavy atom. The van der Waals surface area contributed by atoms with Crippen molar-refractivity contribution >= 4 is 43.9 Å². The Balaban J connectivity index is 1.27. The molecule has 4 aromatic heterocycles. The predicted octanol–water partition coefficient (Wildman–Crippen LogP) is 11.7. The van der Waals surface area contributed by atoms with Gasteiger partial charge in [-0.15, -0.1) is 0 Å². The summed E-state index contributed by atoms with van der Waals surface area (Å²) in [6.45, 7) is 0. The van der Waals surface area contributed by atoms with E-state index in [-0.39, 0.29) is 0 Å². The Bertz CT molecular complexity index is 2790. The van der Waals surface area contributed by atoms with Crippen LogP contribution in [0.3, 0.4) is 0 Å². The van der Waals surface area contributed by atoms with Crippen molar-refractivity contribution in [1.82, 2.24) is 19.1 Å². The van der Waals surface area contributed by atoms with Gasteiger partial charge in [0.15, 0.2) is 0 Å². The molecule has 6 aromatic carbocycles. The number of fused-ring (bicyclic) bond motifs is 6. The highest BCUT2D eigenvalue weighted by Crippen LogP contribution is 2.39. The second kappa shape index (κ2) is 11.4. The van der Waals surface area contributed by atoms with E-state index in [4.69, 9.17) is 9.97 Å². The Labute approximate surface area is 289 Å². The van der Waals surface area contributed by atoms with Crippen LogP contribution >= 0.6 is 0 Å². The summed E-state index contributed by atoms with van der Waals surface area (Å²) in [5.74, 6) is 0.836. The summed E-state index contributed by atoms with van der Waals surface area (Å²) in [6.07, 6.45) is 0. The lowest BCUT2D eigenvalue weighted by Crippen LogP contribution is -2.01. The van der Waals surface area contributed by atoms with Gasteiger partial charge in [0.05, 0.1) is 27.8 Å². The number of para-hydroxylation sites is 2. The van der Waals surface area contributed by atoms with E-state index in [1.54, 1.807) is 0 Å². The van der Waals surface area contributed by atoms with Gasteiger partial charge in [0, 0.05) is 27.4 Å². The first-order chi connectivity index (χ1) is 24.8. The summed E-state index contributed by atoms with van der Waals surface area (Å²) in [4.78, 5) is 10.9. The van der Waals surface area contributed by atoms with Gasteiger partial charge in [-0.25, -0.2) is 9.97 Å². The molecule has 0 N–H and O–H groups in total. The van der Waals surface area contributed by atoms with Gasteiger partial charge in [-0.05, 0) is 64.7 Å². The van der Waals surface area contributed by atoms with Crippen LogP contribution in [0.1, 0.15) is 0 Å². The van der Waals surface area contributed by atoms with Crippen LogP contribution < -0.4 is 0 Å². The van der Waals surface area contributed by atoms with Crippen LogP contribution in [0.2, 0.25) is 0 Å². The third kappa shape index (κ3) is 4.54. The third-order valence-electron chi connectivity index (χ3n) is 9.70. The van der Waals surface area contributed by atoms with E-state index >= 15 is 0 Å². The van der Waals surface area contributed by atoms with Crippen molar-refractivity contribution in [3.05, 3.63) is 182 Å². The molecule has 0 saturated heterocycles. The molecule has 4 heteroatoms. The van der Waals surface area contributed by atoms with E-state index in [0.717, 1.165) is 77.8 Å². The largest absolute Gasteiger partial charge is 0.308 e. The van der Waals surface area contributed by atoms with Crippen LogP contribution in [0, 0.1) is 0 Å². The average molecular weight is 639 g/mol. The maximum atomic E-state index is 5.55. The van der Waals surface area contributed by atoms with Crippen molar-refractivity contribution in [2.75, 3.05) is 0 Å². The molecule has 4 heterocycles. The first-order valence-corrected chi connectivity index (χ1v) is 16.9. The Morgan fingerprint density at radius 2 is 0.920 bits per heavy atom. The normalized spacial score (nSPS) is 11.6. The van der Waals surface area contributed by atoms with Gasteiger partial charge in [0.25, 0.3) is 0 Å². The second-order valence-electron chi connectivity index (χ2n) is 12.7. The molecule has 0 saturated carbocycles. The zero-order chi connectivity index (χ0) is 33.0. The van der Waals surface area contributed by atoms with E-state index in [1.165, 1.54) is 11.1 Å². The molecule has 50 heavy (non-hydrogen) atoms. The minimum Gasteiger partial charge on any atom is -0.308 e. The molecule has 0 spiro atoms. The van der Waals surface area contributed by atoms with Gasteiger partial charge in [0.2, 0.25) is 0 Å². The molecule has 10 aromatic rings. The molecule has 0 aliphatic heterocycles. The maximum Gasteiger partial charge on any atom is 0.147 e. The summed E-state index contributed by atoms with van der Waals surface area (Å²) >= 11 is 0. The second-order valence-corrected chi connectivity index (χ2v) is 12.7. The molecular formula is C46H30N4. The quantitative estimate of drug-likeness (QED) is 0.188. The number of pyridine rings is 2. The Morgan fingerprint density at radius 1 is 0.340 bits per heavy atom. The number of nitrogens with zero attached hydrogens (tertiary/aromatic N) is 4. The van der Waals surface area contributed by atoms with Crippen molar-refractivity contribution < 1.29 is 0 Å². The SMILES string of the molecule is c1ccc(-c2cccc(-n3c4ccccc4c4nc5c(cc43)c3ccccc3n5-c3cc(-c4ccccc4)cc(-c4ccccc4)n3)c2)cc1. The molecule has 0 aliphatic rings. The number of hydrogen-bond acceptors (Lipinski definition) is 2. The highest BCUT2D eigenvalue weighted by molar-refractivity contribution is 6.15. The lowest BCUT2D eigenvalue weighted by Gasteiger charge is -2.13. The van der Waals surface area contributed by atoms with E-state index in [9.17, 15) is 0 Å². The van der Waals surface area contributed by atoms with Crippen LogP contribution in [0.4, 0.5) is 0 Å². The van der Waals surface area contributed by atoms with Crippen LogP contribution in [-0.2, 0) is 0 Å². The van der Waals surface area contributed by atoms with Gasteiger partial charge in [0.1, 0.15) is 11.5 Å². The van der Waals surface area contributed by atoms with Gasteiger partial charge in [-0.2, -0.15) is 0 Å². The molecule has 0 atom stereocenters. The summed E-state index contributed by atoms with van der Waals surface area (Å²) in [5, 5.41) is 3.34. The molecule has 10 rings (SSSR count). The monoisotopic (exact) mass is 638 g/mol. The molecule has 234 valence electrons. The number of aromatic nitrogens is 4. The Hall–Kier alpha value is -6.78. The molecular weight excluding hydrogens is 609 g/mol. The molecule has 0 aliphatic carbocycles. The average Bonchev–Trinajstić information content (AvgIpc) is 3.70. The van der Waals surface area contributed by atoms with E-state index < -0.39 is 0 Å². The topological polar surface area (TPSA) is 35.6 Å². The minimum atomic E-state index is 0.836. The fraction of sp³-hybridized carbons (Fsp3) is 0. The fourth-order valence-electron chi connectivity index (χ4n) is 7.39. The van der Waals surface area contributed by atoms with Crippen LogP contribution in [0.5, 0.6) is 0 Å². The molecule has 4 nitrogen and oxygen atoms in total. The fourth-order valence-corrected chi connectivity index (χ4v) is 7.39. The molecule has 0 bridgehead atoms. The van der Waals surface area contributed by atoms with Crippen molar-refractivity contribution in [1.29, 1.82) is 0 Å². The van der Waals surface area contributed by atoms with Crippen LogP contribution in [0.15, 0.2) is 182 Å². The summed E-state index contributed by atoms with van der Waals surface area (Å²) in [7, 11) is 0. The van der Waals surface area contributed by atoms with Crippen molar-refractivity contribution in [2.24, 2.45) is 0 Å². The lowest BCUT2D eigenvalue weighted by atomic mass is 10.0. The zero-order valence-electron chi connectivity index (χ0n) is 27.1. The van der Waals surface area contributed by atoms with Gasteiger partial charge < -0.3 is 4.57 Å². The van der Waals surface area contributed by atoms with Crippen LogP contribution in [-0.4, -0.2) is 19.1 Å². The highest BCUT2D eigenvalue weighted by atomic mass is 15.1. The minimum absolute atomic E-state index is 0.836. The van der Waals surface area contributed by atoms with Crippen LogP contribution in [0.25, 0.3) is 88.9 Å². The molecule has 0 unspecified atom stereocenters. The van der Waals surface area contributed by atoms with E-state index in [0.29, 0.717) is 0 Å². The highest BCUT2D eigenvalue weighted by Gasteiger charge is 2.21. The summed E-state index contributed by atoms with van der Waals surface area (Å²) < 4.78 is 4.60. The van der Waals surface area contributed by atoms with Gasteiger partial charge in [-0.3, -0.25) is 4.57 Å². The summed E-state index contributed by atoms with van der Waals surface area (Å²) in [6, 6.07) is 64.2. The number of hydrogen-bond donors (Lipinski definition) is 0. The Kier molecular flexibility index (Phi) is 6.46. The van der Waals surface area contributed by atoms with Crippen molar-refractivity contribution in [3.63, 3.8) is 0 Å². The first-order valence-electron chi connectivity index (χ1n) is 16.9. The van der Waals surface area contributed by atoms with E-state index in [2.05, 4.69) is 185 Å². The predicted molar refractivity (Wildman–Crippen MR) is 207 cm³/mol. The number of rotatable bonds is 5. The number of benzene rings is 6. The van der Waals surface area contributed by atoms with E-state index in [1.807, 2.05) is 6.07 Å². The van der Waals surface area contributed by atoms with Crippen molar-refractivity contribution in [2.45, 2.75) is 0 Å². The van der Waals surface area contributed by atoms with Crippen molar-refractivity contribution in [3.8, 4) is 45.0 Å². The maximum absolute atomic E-state index is 5.55. The molecule has 0 amide bonds. The smallest absolute Gasteiger partial charge is 0.147 e. The van der Waals surface area contributed by atoms with Gasteiger partial charge >= 0.3 is 0 Å². The standard InChI is InChI=1S/C46H30N4/c1-4-15-31(16-5-1)34-21-14-22-36(27-34)49-42-26-13-11-24-38(42)45-43(49)30-39-37-23-10-12-25-41(37)50(46(39)48-45)44-29-35(32-17-6-2-7-18-32)28-40(47-44)33-19-8-3-9-20-33/h1-30H. The molecule has 0 radical (unpaired) electrons. The van der Waals surface area contributed by atoms with Gasteiger partial charge in [-0.1, -0.05) is 140 Å². The first kappa shape index (κ1) is 28.3. The lowest BCUT2D eigenvalue weighted by molar-refractivity contribution is 1.07. The molecule has 0 fully saturated rings. The third-order valence-corrected chi connectivity index (χ3v) is 9.70. The summed E-state index contributed by atoms with van der Waals surface area (Å²) in [5.41, 5.74) is 12.8.